The molecule has 0 aliphatic heterocycles. The molecule has 0 aliphatic rings. The molecule has 12 heteroatoms. The molecule has 154 valence electrons. The number of aliphatic hydroxyl groups is 1. The smallest absolute Gasteiger partial charge is 0.380 e. The van der Waals surface area contributed by atoms with Crippen molar-refractivity contribution in [3.8, 4) is 5.69 Å². The van der Waals surface area contributed by atoms with Crippen LogP contribution in [0.2, 0.25) is 0 Å². The van der Waals surface area contributed by atoms with Crippen LogP contribution < -0.4 is 0 Å². The molecule has 1 atom stereocenters. The zero-order valence-corrected chi connectivity index (χ0v) is 13.9. The van der Waals surface area contributed by atoms with Crippen molar-refractivity contribution in [2.75, 3.05) is 0 Å². The lowest BCUT2D eigenvalue weighted by Gasteiger charge is -2.14. The minimum absolute atomic E-state index is 0.259. The lowest BCUT2D eigenvalue weighted by molar-refractivity contribution is -0.141. The minimum Gasteiger partial charge on any atom is -0.380 e. The van der Waals surface area contributed by atoms with E-state index in [1.807, 2.05) is 0 Å². The van der Waals surface area contributed by atoms with Crippen molar-refractivity contribution in [3.63, 3.8) is 0 Å². The van der Waals surface area contributed by atoms with Crippen LogP contribution in [0, 0.1) is 11.6 Å². The second kappa shape index (κ2) is 7.10. The van der Waals surface area contributed by atoms with Crippen LogP contribution in [0.5, 0.6) is 0 Å². The van der Waals surface area contributed by atoms with E-state index in [4.69, 9.17) is 0 Å². The molecule has 3 aromatic rings. The van der Waals surface area contributed by atoms with Gasteiger partial charge in [-0.05, 0) is 30.3 Å². The Labute approximate surface area is 157 Å². The van der Waals surface area contributed by atoms with Gasteiger partial charge in [0.25, 0.3) is 0 Å². The second-order valence-corrected chi connectivity index (χ2v) is 5.83. The highest BCUT2D eigenvalue weighted by atomic mass is 19.4. The first-order valence-corrected chi connectivity index (χ1v) is 7.71. The Bertz CT molecular complexity index is 1020. The van der Waals surface area contributed by atoms with E-state index in [-0.39, 0.29) is 5.69 Å². The molecule has 3 rings (SSSR count). The molecule has 0 radical (unpaired) electrons. The van der Waals surface area contributed by atoms with Crippen molar-refractivity contribution in [1.82, 2.24) is 14.8 Å². The first-order chi connectivity index (χ1) is 13.4. The summed E-state index contributed by atoms with van der Waals surface area (Å²) in [6.45, 7) is 0. The van der Waals surface area contributed by atoms with Crippen molar-refractivity contribution in [1.29, 1.82) is 0 Å². The summed E-state index contributed by atoms with van der Waals surface area (Å²) in [5, 5.41) is 13.6. The molecule has 0 amide bonds. The monoisotopic (exact) mass is 423 g/mol. The number of pyridine rings is 1. The molecular formula is C17H9F8N3O. The number of aliphatic hydroxyl groups excluding tert-OH is 1. The van der Waals surface area contributed by atoms with Crippen molar-refractivity contribution < 1.29 is 40.2 Å². The fourth-order valence-electron chi connectivity index (χ4n) is 2.49. The van der Waals surface area contributed by atoms with E-state index in [0.717, 1.165) is 12.1 Å². The predicted octanol–water partition coefficient (Wildman–Crippen LogP) is 4.66. The molecule has 2 aromatic heterocycles. The van der Waals surface area contributed by atoms with Gasteiger partial charge in [0.05, 0.1) is 23.1 Å². The van der Waals surface area contributed by atoms with E-state index >= 15 is 0 Å². The molecular weight excluding hydrogens is 414 g/mol. The van der Waals surface area contributed by atoms with Gasteiger partial charge >= 0.3 is 12.4 Å². The van der Waals surface area contributed by atoms with Crippen LogP contribution in [-0.2, 0) is 12.4 Å². The minimum atomic E-state index is -4.96. The number of benzene rings is 1. The maximum atomic E-state index is 13.9. The van der Waals surface area contributed by atoms with E-state index in [0.29, 0.717) is 35.1 Å². The fourth-order valence-corrected chi connectivity index (χ4v) is 2.49. The topological polar surface area (TPSA) is 50.9 Å². The highest BCUT2D eigenvalue weighted by Crippen LogP contribution is 2.34. The zero-order valence-electron chi connectivity index (χ0n) is 13.9. The molecule has 2 heterocycles. The third kappa shape index (κ3) is 4.21. The molecule has 0 aliphatic carbocycles. The number of nitrogens with zero attached hydrogens (tertiary/aromatic N) is 3. The maximum absolute atomic E-state index is 13.9. The standard InChI is InChI=1S/C17H9F8N3O/c18-9-5-11(19)14(26-7-9)15(29)12-6-13(17(23,24)25)27-28(12)10-3-1-8(2-4-10)16(20,21)22/h1-7,15,29H. The number of hydrogen-bond acceptors (Lipinski definition) is 3. The number of halogens is 8. The Morgan fingerprint density at radius 2 is 1.52 bits per heavy atom. The molecule has 0 spiro atoms. The van der Waals surface area contributed by atoms with Crippen LogP contribution in [0.4, 0.5) is 35.1 Å². The molecule has 4 nitrogen and oxygen atoms in total. The summed E-state index contributed by atoms with van der Waals surface area (Å²) in [6.07, 6.45) is -11.2. The van der Waals surface area contributed by atoms with Crippen molar-refractivity contribution in [2.24, 2.45) is 0 Å². The van der Waals surface area contributed by atoms with Crippen LogP contribution >= 0.6 is 0 Å². The molecule has 1 N–H and O–H groups in total. The largest absolute Gasteiger partial charge is 0.435 e. The van der Waals surface area contributed by atoms with Gasteiger partial charge in [0.1, 0.15) is 17.6 Å². The van der Waals surface area contributed by atoms with Gasteiger partial charge in [0, 0.05) is 6.07 Å². The lowest BCUT2D eigenvalue weighted by atomic mass is 10.1. The van der Waals surface area contributed by atoms with Crippen molar-refractivity contribution in [2.45, 2.75) is 18.5 Å². The molecule has 29 heavy (non-hydrogen) atoms. The second-order valence-electron chi connectivity index (χ2n) is 5.83. The summed E-state index contributed by atoms with van der Waals surface area (Å²) >= 11 is 0. The maximum Gasteiger partial charge on any atom is 0.435 e. The Kier molecular flexibility index (Phi) is 5.07. The SMILES string of the molecule is OC(c1ncc(F)cc1F)c1cc(C(F)(F)F)nn1-c1ccc(C(F)(F)F)cc1. The van der Waals surface area contributed by atoms with Gasteiger partial charge in [0.2, 0.25) is 0 Å². The highest BCUT2D eigenvalue weighted by molar-refractivity contribution is 5.39. The van der Waals surface area contributed by atoms with Gasteiger partial charge in [0.15, 0.2) is 11.5 Å². The van der Waals surface area contributed by atoms with Crippen molar-refractivity contribution >= 4 is 0 Å². The van der Waals surface area contributed by atoms with Gasteiger partial charge in [-0.25, -0.2) is 13.5 Å². The summed E-state index contributed by atoms with van der Waals surface area (Å²) < 4.78 is 105. The first kappa shape index (κ1) is 20.7. The highest BCUT2D eigenvalue weighted by Gasteiger charge is 2.37. The van der Waals surface area contributed by atoms with E-state index in [1.165, 1.54) is 0 Å². The van der Waals surface area contributed by atoms with E-state index in [9.17, 15) is 40.2 Å². The number of rotatable bonds is 3. The molecule has 0 fully saturated rings. The molecule has 0 saturated heterocycles. The van der Waals surface area contributed by atoms with Crippen LogP contribution in [-0.4, -0.2) is 19.9 Å². The van der Waals surface area contributed by atoms with Crippen LogP contribution in [0.3, 0.4) is 0 Å². The molecule has 0 saturated carbocycles. The van der Waals surface area contributed by atoms with E-state index in [1.54, 1.807) is 0 Å². The Hall–Kier alpha value is -3.02. The van der Waals surface area contributed by atoms with Gasteiger partial charge in [-0.1, -0.05) is 0 Å². The summed E-state index contributed by atoms with van der Waals surface area (Å²) in [6, 6.07) is 3.65. The molecule has 0 bridgehead atoms. The Morgan fingerprint density at radius 3 is 2.03 bits per heavy atom. The summed E-state index contributed by atoms with van der Waals surface area (Å²) in [5.41, 5.74) is -4.21. The van der Waals surface area contributed by atoms with Crippen LogP contribution in [0.15, 0.2) is 42.6 Å². The van der Waals surface area contributed by atoms with Gasteiger partial charge < -0.3 is 5.11 Å². The number of alkyl halides is 6. The number of aromatic nitrogens is 3. The Balaban J connectivity index is 2.13. The lowest BCUT2D eigenvalue weighted by Crippen LogP contribution is -2.12. The van der Waals surface area contributed by atoms with E-state index in [2.05, 4.69) is 10.1 Å². The fraction of sp³-hybridized carbons (Fsp3) is 0.176. The summed E-state index contributed by atoms with van der Waals surface area (Å²) in [5.74, 6) is -2.41. The first-order valence-electron chi connectivity index (χ1n) is 7.71. The quantitative estimate of drug-likeness (QED) is 0.624. The Morgan fingerprint density at radius 1 is 0.897 bits per heavy atom. The average Bonchev–Trinajstić information content (AvgIpc) is 3.06. The van der Waals surface area contributed by atoms with Gasteiger partial charge in [-0.15, -0.1) is 0 Å². The third-order valence-corrected chi connectivity index (χ3v) is 3.84. The zero-order chi connectivity index (χ0) is 21.6. The number of hydrogen-bond donors (Lipinski definition) is 1. The van der Waals surface area contributed by atoms with Gasteiger partial charge in [-0.2, -0.15) is 31.4 Å². The molecule has 1 aromatic carbocycles. The van der Waals surface area contributed by atoms with Gasteiger partial charge in [-0.3, -0.25) is 4.98 Å². The average molecular weight is 423 g/mol. The van der Waals surface area contributed by atoms with E-state index < -0.39 is 52.7 Å². The normalized spacial score (nSPS) is 13.6. The molecule has 1 unspecified atom stereocenters. The van der Waals surface area contributed by atoms with Crippen LogP contribution in [0.25, 0.3) is 5.69 Å². The summed E-state index contributed by atoms with van der Waals surface area (Å²) in [7, 11) is 0. The van der Waals surface area contributed by atoms with Crippen LogP contribution in [0.1, 0.15) is 28.7 Å². The third-order valence-electron chi connectivity index (χ3n) is 3.84. The predicted molar refractivity (Wildman–Crippen MR) is 81.8 cm³/mol. The van der Waals surface area contributed by atoms with Crippen molar-refractivity contribution in [3.05, 3.63) is 76.9 Å². The summed E-state index contributed by atoms with van der Waals surface area (Å²) in [4.78, 5) is 3.34.